The normalized spacial score (nSPS) is 27.9. The topological polar surface area (TPSA) is 41.6 Å². The Morgan fingerprint density at radius 2 is 2.25 bits per heavy atom. The van der Waals surface area contributed by atoms with Crippen LogP contribution in [0.5, 0.6) is 0 Å². The second-order valence-electron chi connectivity index (χ2n) is 4.70. The van der Waals surface area contributed by atoms with Crippen molar-refractivity contribution < 1.29 is 9.53 Å². The lowest BCUT2D eigenvalue weighted by molar-refractivity contribution is -0.143. The summed E-state index contributed by atoms with van der Waals surface area (Å²) in [6.45, 7) is 10.4. The lowest BCUT2D eigenvalue weighted by atomic mass is 10.1. The van der Waals surface area contributed by atoms with E-state index in [1.165, 1.54) is 0 Å². The minimum Gasteiger partial charge on any atom is -0.375 e. The molecule has 1 heterocycles. The Morgan fingerprint density at radius 1 is 1.56 bits per heavy atom. The van der Waals surface area contributed by atoms with Crippen LogP contribution in [0.1, 0.15) is 34.1 Å². The van der Waals surface area contributed by atoms with Crippen LogP contribution in [0.4, 0.5) is 0 Å². The molecular weight excluding hydrogens is 204 g/mol. The highest BCUT2D eigenvalue weighted by Gasteiger charge is 2.27. The van der Waals surface area contributed by atoms with Crippen LogP contribution in [0.3, 0.4) is 0 Å². The van der Waals surface area contributed by atoms with Crippen molar-refractivity contribution in [3.05, 3.63) is 0 Å². The van der Waals surface area contributed by atoms with E-state index in [1.54, 1.807) is 0 Å². The summed E-state index contributed by atoms with van der Waals surface area (Å²) in [5.74, 6) is 0.233. The molecule has 0 aromatic rings. The van der Waals surface area contributed by atoms with Gasteiger partial charge in [0.15, 0.2) is 0 Å². The van der Waals surface area contributed by atoms with E-state index < -0.39 is 0 Å². The predicted octanol–water partition coefficient (Wildman–Crippen LogP) is 1.01. The average Bonchev–Trinajstić information content (AvgIpc) is 2.21. The third-order valence-corrected chi connectivity index (χ3v) is 2.96. The van der Waals surface area contributed by atoms with E-state index in [-0.39, 0.29) is 24.1 Å². The van der Waals surface area contributed by atoms with Gasteiger partial charge in [-0.3, -0.25) is 4.79 Å². The molecule has 0 aromatic heterocycles. The molecule has 3 atom stereocenters. The summed E-state index contributed by atoms with van der Waals surface area (Å²) in [5, 5.41) is 3.26. The fourth-order valence-corrected chi connectivity index (χ4v) is 2.05. The molecular formula is C12H24N2O2. The number of rotatable bonds is 4. The second kappa shape index (κ2) is 6.21. The number of amides is 1. The highest BCUT2D eigenvalue weighted by Crippen LogP contribution is 2.13. The zero-order chi connectivity index (χ0) is 12.1. The van der Waals surface area contributed by atoms with Crippen molar-refractivity contribution in [2.75, 3.05) is 19.7 Å². The number of morpholine rings is 1. The first-order valence-electron chi connectivity index (χ1n) is 6.19. The summed E-state index contributed by atoms with van der Waals surface area (Å²) < 4.78 is 5.51. The van der Waals surface area contributed by atoms with Gasteiger partial charge >= 0.3 is 0 Å². The monoisotopic (exact) mass is 228 g/mol. The van der Waals surface area contributed by atoms with E-state index in [1.807, 2.05) is 18.7 Å². The molecule has 0 spiro atoms. The highest BCUT2D eigenvalue weighted by atomic mass is 16.5. The van der Waals surface area contributed by atoms with Gasteiger partial charge in [0.2, 0.25) is 5.91 Å². The van der Waals surface area contributed by atoms with Gasteiger partial charge in [-0.2, -0.15) is 0 Å². The maximum atomic E-state index is 12.1. The zero-order valence-corrected chi connectivity index (χ0v) is 10.8. The van der Waals surface area contributed by atoms with Gasteiger partial charge in [-0.25, -0.2) is 0 Å². The molecule has 0 radical (unpaired) electrons. The van der Waals surface area contributed by atoms with Gasteiger partial charge < -0.3 is 15.0 Å². The number of carbonyl (C=O) groups is 1. The zero-order valence-electron chi connectivity index (χ0n) is 10.8. The number of ether oxygens (including phenoxy) is 1. The summed E-state index contributed by atoms with van der Waals surface area (Å²) in [7, 11) is 0. The average molecular weight is 228 g/mol. The lowest BCUT2D eigenvalue weighted by Crippen LogP contribution is -2.51. The Bertz CT molecular complexity index is 233. The highest BCUT2D eigenvalue weighted by molar-refractivity contribution is 5.77. The summed E-state index contributed by atoms with van der Waals surface area (Å²) in [5.41, 5.74) is 0. The molecule has 0 bridgehead atoms. The fraction of sp³-hybridized carbons (Fsp3) is 0.917. The molecule has 16 heavy (non-hydrogen) atoms. The van der Waals surface area contributed by atoms with Crippen molar-refractivity contribution in [1.82, 2.24) is 10.2 Å². The van der Waals surface area contributed by atoms with E-state index in [4.69, 9.17) is 4.74 Å². The number of nitrogens with zero attached hydrogens (tertiary/aromatic N) is 1. The van der Waals surface area contributed by atoms with E-state index in [9.17, 15) is 4.79 Å². The fourth-order valence-electron chi connectivity index (χ4n) is 2.05. The van der Waals surface area contributed by atoms with Crippen molar-refractivity contribution in [2.45, 2.75) is 52.3 Å². The first-order chi connectivity index (χ1) is 7.54. The largest absolute Gasteiger partial charge is 0.375 e. The summed E-state index contributed by atoms with van der Waals surface area (Å²) in [6.07, 6.45) is 0.736. The molecule has 1 N–H and O–H groups in total. The van der Waals surface area contributed by atoms with Crippen molar-refractivity contribution in [1.29, 1.82) is 0 Å². The molecule has 1 fully saturated rings. The number of hydrogen-bond acceptors (Lipinski definition) is 3. The molecule has 4 nitrogen and oxygen atoms in total. The summed E-state index contributed by atoms with van der Waals surface area (Å²) in [4.78, 5) is 14.0. The minimum absolute atomic E-state index is 0.162. The Balaban J connectivity index is 2.45. The molecule has 3 unspecified atom stereocenters. The van der Waals surface area contributed by atoms with Gasteiger partial charge in [0.1, 0.15) is 0 Å². The Kier molecular flexibility index (Phi) is 5.22. The smallest absolute Gasteiger partial charge is 0.224 e. The molecule has 4 heteroatoms. The van der Waals surface area contributed by atoms with Crippen LogP contribution in [-0.4, -0.2) is 48.7 Å². The molecule has 0 aromatic carbocycles. The Hall–Kier alpha value is -0.610. The van der Waals surface area contributed by atoms with Gasteiger partial charge in [0.25, 0.3) is 0 Å². The van der Waals surface area contributed by atoms with E-state index >= 15 is 0 Å². The number of carbonyl (C=O) groups excluding carboxylic acids is 1. The quantitative estimate of drug-likeness (QED) is 0.781. The molecule has 1 aliphatic rings. The Morgan fingerprint density at radius 3 is 2.88 bits per heavy atom. The first-order valence-corrected chi connectivity index (χ1v) is 6.19. The molecule has 1 rings (SSSR count). The lowest BCUT2D eigenvalue weighted by Gasteiger charge is -2.37. The number of nitrogens with one attached hydrogen (secondary N) is 1. The Labute approximate surface area is 98.3 Å². The van der Waals surface area contributed by atoms with Crippen LogP contribution in [0.15, 0.2) is 0 Å². The maximum Gasteiger partial charge on any atom is 0.224 e. The van der Waals surface area contributed by atoms with Crippen LogP contribution < -0.4 is 5.32 Å². The van der Waals surface area contributed by atoms with Crippen LogP contribution >= 0.6 is 0 Å². The molecule has 1 saturated heterocycles. The van der Waals surface area contributed by atoms with Gasteiger partial charge in [-0.05, 0) is 27.3 Å². The van der Waals surface area contributed by atoms with Crippen molar-refractivity contribution >= 4 is 5.91 Å². The first kappa shape index (κ1) is 13.5. The minimum atomic E-state index is 0.162. The van der Waals surface area contributed by atoms with Crippen LogP contribution in [0.2, 0.25) is 0 Å². The molecule has 0 aliphatic carbocycles. The van der Waals surface area contributed by atoms with Crippen molar-refractivity contribution in [3.8, 4) is 0 Å². The van der Waals surface area contributed by atoms with Crippen molar-refractivity contribution in [2.24, 2.45) is 0 Å². The van der Waals surface area contributed by atoms with Crippen LogP contribution in [-0.2, 0) is 9.53 Å². The summed E-state index contributed by atoms with van der Waals surface area (Å²) in [6, 6.07) is 0.459. The predicted molar refractivity (Wildman–Crippen MR) is 64.3 cm³/mol. The third kappa shape index (κ3) is 3.76. The van der Waals surface area contributed by atoms with Crippen molar-refractivity contribution in [3.63, 3.8) is 0 Å². The van der Waals surface area contributed by atoms with Gasteiger partial charge in [0.05, 0.1) is 18.8 Å². The standard InChI is InChI=1S/C12H24N2O2/c1-5-13-9(2)6-12(15)14-7-11(4)16-8-10(14)3/h9-11,13H,5-8H2,1-4H3. The molecule has 0 saturated carbocycles. The number of hydrogen-bond donors (Lipinski definition) is 1. The summed E-state index contributed by atoms with van der Waals surface area (Å²) >= 11 is 0. The van der Waals surface area contributed by atoms with Gasteiger partial charge in [-0.1, -0.05) is 6.92 Å². The SMILES string of the molecule is CCNC(C)CC(=O)N1CC(C)OCC1C. The van der Waals surface area contributed by atoms with Gasteiger partial charge in [-0.15, -0.1) is 0 Å². The van der Waals surface area contributed by atoms with Gasteiger partial charge in [0, 0.05) is 19.0 Å². The van der Waals surface area contributed by atoms with E-state index in [0.29, 0.717) is 13.0 Å². The molecule has 94 valence electrons. The van der Waals surface area contributed by atoms with E-state index in [2.05, 4.69) is 19.2 Å². The van der Waals surface area contributed by atoms with Crippen LogP contribution in [0, 0.1) is 0 Å². The van der Waals surface area contributed by atoms with E-state index in [0.717, 1.165) is 13.1 Å². The second-order valence-corrected chi connectivity index (χ2v) is 4.70. The molecule has 1 aliphatic heterocycles. The maximum absolute atomic E-state index is 12.1. The third-order valence-electron chi connectivity index (χ3n) is 2.96. The van der Waals surface area contributed by atoms with Crippen LogP contribution in [0.25, 0.3) is 0 Å². The molecule has 1 amide bonds.